The molecule has 2 heterocycles. The number of rotatable bonds is 6. The molecule has 2 aromatic carbocycles. The van der Waals surface area contributed by atoms with Gasteiger partial charge in [0.2, 0.25) is 5.91 Å². The fourth-order valence-electron chi connectivity index (χ4n) is 4.29. The Bertz CT molecular complexity index is 1120. The molecule has 0 spiro atoms. The maximum atomic E-state index is 12.9. The van der Waals surface area contributed by atoms with Crippen LogP contribution in [0.5, 0.6) is 0 Å². The molecular formula is C27H29ClN4O2. The Morgan fingerprint density at radius 1 is 0.971 bits per heavy atom. The van der Waals surface area contributed by atoms with E-state index in [0.29, 0.717) is 35.9 Å². The van der Waals surface area contributed by atoms with E-state index in [1.165, 1.54) is 0 Å². The first-order valence-electron chi connectivity index (χ1n) is 11.7. The van der Waals surface area contributed by atoms with E-state index in [1.54, 1.807) is 18.3 Å². The van der Waals surface area contributed by atoms with Crippen LogP contribution >= 0.6 is 11.6 Å². The molecule has 1 aromatic heterocycles. The van der Waals surface area contributed by atoms with E-state index in [2.05, 4.69) is 15.2 Å². The van der Waals surface area contributed by atoms with E-state index in [-0.39, 0.29) is 17.7 Å². The lowest BCUT2D eigenvalue weighted by Gasteiger charge is -2.23. The number of carbonyl (C=O) groups excluding carboxylic acids is 2. The van der Waals surface area contributed by atoms with E-state index >= 15 is 0 Å². The van der Waals surface area contributed by atoms with Gasteiger partial charge in [0, 0.05) is 26.2 Å². The molecule has 1 aliphatic rings. The molecule has 0 aliphatic carbocycles. The van der Waals surface area contributed by atoms with Crippen molar-refractivity contribution in [1.82, 2.24) is 9.88 Å². The second-order valence-electron chi connectivity index (χ2n) is 8.38. The van der Waals surface area contributed by atoms with Crippen LogP contribution in [0, 0.1) is 0 Å². The first-order valence-corrected chi connectivity index (χ1v) is 12.0. The summed E-state index contributed by atoms with van der Waals surface area (Å²) in [5, 5.41) is 3.47. The third-order valence-corrected chi connectivity index (χ3v) is 6.48. The van der Waals surface area contributed by atoms with Crippen LogP contribution in [-0.2, 0) is 4.79 Å². The molecule has 2 amide bonds. The minimum Gasteiger partial charge on any atom is -0.355 e. The number of hydrogen-bond donors (Lipinski definition) is 1. The topological polar surface area (TPSA) is 65.5 Å². The van der Waals surface area contributed by atoms with Crippen molar-refractivity contribution < 1.29 is 9.59 Å². The number of carbonyl (C=O) groups is 2. The van der Waals surface area contributed by atoms with E-state index in [1.807, 2.05) is 66.4 Å². The Labute approximate surface area is 205 Å². The van der Waals surface area contributed by atoms with Crippen LogP contribution in [0.15, 0.2) is 72.9 Å². The zero-order chi connectivity index (χ0) is 23.9. The fourth-order valence-corrected chi connectivity index (χ4v) is 4.51. The molecule has 34 heavy (non-hydrogen) atoms. The van der Waals surface area contributed by atoms with Gasteiger partial charge in [-0.15, -0.1) is 0 Å². The van der Waals surface area contributed by atoms with E-state index < -0.39 is 0 Å². The summed E-state index contributed by atoms with van der Waals surface area (Å²) < 4.78 is 0. The normalized spacial score (nSPS) is 14.9. The largest absolute Gasteiger partial charge is 0.355 e. The van der Waals surface area contributed by atoms with Gasteiger partial charge in [0.15, 0.2) is 0 Å². The van der Waals surface area contributed by atoms with Gasteiger partial charge in [0.25, 0.3) is 5.91 Å². The molecule has 1 fully saturated rings. The number of anilines is 2. The molecule has 1 atom stereocenters. The Hall–Kier alpha value is -3.38. The highest BCUT2D eigenvalue weighted by molar-refractivity contribution is 6.33. The van der Waals surface area contributed by atoms with Crippen LogP contribution < -0.4 is 10.2 Å². The lowest BCUT2D eigenvalue weighted by atomic mass is 9.95. The molecule has 1 aliphatic heterocycles. The summed E-state index contributed by atoms with van der Waals surface area (Å²) in [7, 11) is 0. The molecule has 0 saturated carbocycles. The molecule has 176 valence electrons. The van der Waals surface area contributed by atoms with Crippen LogP contribution in [0.4, 0.5) is 11.5 Å². The number of hydrogen-bond acceptors (Lipinski definition) is 4. The van der Waals surface area contributed by atoms with E-state index in [9.17, 15) is 9.59 Å². The molecule has 0 bridgehead atoms. The van der Waals surface area contributed by atoms with Gasteiger partial charge < -0.3 is 15.1 Å². The first-order chi connectivity index (χ1) is 16.6. The number of nitrogens with one attached hydrogen (secondary N) is 1. The van der Waals surface area contributed by atoms with Gasteiger partial charge in [-0.25, -0.2) is 4.98 Å². The van der Waals surface area contributed by atoms with Crippen molar-refractivity contribution in [3.05, 3.63) is 89.1 Å². The molecule has 0 radical (unpaired) electrons. The average Bonchev–Trinajstić information content (AvgIpc) is 3.12. The van der Waals surface area contributed by atoms with Crippen LogP contribution in [0.3, 0.4) is 0 Å². The quantitative estimate of drug-likeness (QED) is 0.529. The highest BCUT2D eigenvalue weighted by atomic mass is 35.5. The second kappa shape index (κ2) is 11.2. The predicted octanol–water partition coefficient (Wildman–Crippen LogP) is 5.22. The summed E-state index contributed by atoms with van der Waals surface area (Å²) in [5.74, 6) is 0.558. The Morgan fingerprint density at radius 2 is 1.74 bits per heavy atom. The summed E-state index contributed by atoms with van der Waals surface area (Å²) in [4.78, 5) is 34.3. The van der Waals surface area contributed by atoms with Crippen molar-refractivity contribution in [2.24, 2.45) is 0 Å². The van der Waals surface area contributed by atoms with E-state index in [4.69, 9.17) is 11.6 Å². The van der Waals surface area contributed by atoms with Crippen LogP contribution in [-0.4, -0.2) is 47.9 Å². The highest BCUT2D eigenvalue weighted by Crippen LogP contribution is 2.23. The number of nitrogens with zero attached hydrogens (tertiary/aromatic N) is 3. The minimum absolute atomic E-state index is 0.0354. The van der Waals surface area contributed by atoms with Crippen molar-refractivity contribution in [3.63, 3.8) is 0 Å². The summed E-state index contributed by atoms with van der Waals surface area (Å²) >= 11 is 6.22. The summed E-state index contributed by atoms with van der Waals surface area (Å²) in [5.41, 5.74) is 2.22. The number of benzene rings is 2. The van der Waals surface area contributed by atoms with Gasteiger partial charge in [0.05, 0.1) is 28.4 Å². The van der Waals surface area contributed by atoms with Crippen molar-refractivity contribution in [2.75, 3.05) is 36.4 Å². The first kappa shape index (κ1) is 23.8. The third kappa shape index (κ3) is 5.57. The molecule has 3 aromatic rings. The zero-order valence-corrected chi connectivity index (χ0v) is 20.0. The van der Waals surface area contributed by atoms with Gasteiger partial charge >= 0.3 is 0 Å². The number of amides is 2. The predicted molar refractivity (Wildman–Crippen MR) is 137 cm³/mol. The smallest absolute Gasteiger partial charge is 0.255 e. The maximum absolute atomic E-state index is 12.9. The second-order valence-corrected chi connectivity index (χ2v) is 8.79. The SMILES string of the molecule is CCC(C(=O)Nc1ccc(N2CCCN(C(=O)c3ccccc3Cl)CC2)nc1)c1ccccc1. The number of halogens is 1. The molecule has 1 N–H and O–H groups in total. The Kier molecular flexibility index (Phi) is 7.80. The van der Waals surface area contributed by atoms with Gasteiger partial charge in [-0.05, 0) is 42.7 Å². The summed E-state index contributed by atoms with van der Waals surface area (Å²) in [6.45, 7) is 4.77. The van der Waals surface area contributed by atoms with E-state index in [0.717, 1.165) is 30.8 Å². The monoisotopic (exact) mass is 476 g/mol. The average molecular weight is 477 g/mol. The van der Waals surface area contributed by atoms with Gasteiger partial charge in [-0.3, -0.25) is 9.59 Å². The van der Waals surface area contributed by atoms with Crippen molar-refractivity contribution in [3.8, 4) is 0 Å². The lowest BCUT2D eigenvalue weighted by molar-refractivity contribution is -0.117. The molecule has 1 saturated heterocycles. The van der Waals surface area contributed by atoms with Crippen LogP contribution in [0.25, 0.3) is 0 Å². The number of pyridine rings is 1. The molecule has 1 unspecified atom stereocenters. The summed E-state index contributed by atoms with van der Waals surface area (Å²) in [6, 6.07) is 20.8. The summed E-state index contributed by atoms with van der Waals surface area (Å²) in [6.07, 6.45) is 3.26. The molecule has 4 rings (SSSR count). The molecular weight excluding hydrogens is 448 g/mol. The van der Waals surface area contributed by atoms with Crippen molar-refractivity contribution in [2.45, 2.75) is 25.7 Å². The standard InChI is InChI=1S/C27H29ClN4O2/c1-2-22(20-9-4-3-5-10-20)26(33)30-21-13-14-25(29-19-21)31-15-8-16-32(18-17-31)27(34)23-11-6-7-12-24(23)28/h3-7,9-14,19,22H,2,8,15-18H2,1H3,(H,30,33). The van der Waals surface area contributed by atoms with Crippen molar-refractivity contribution >= 4 is 34.9 Å². The van der Waals surface area contributed by atoms with Gasteiger partial charge in [0.1, 0.15) is 5.82 Å². The fraction of sp³-hybridized carbons (Fsp3) is 0.296. The zero-order valence-electron chi connectivity index (χ0n) is 19.3. The molecule has 6 nitrogen and oxygen atoms in total. The van der Waals surface area contributed by atoms with Gasteiger partial charge in [-0.2, -0.15) is 0 Å². The van der Waals surface area contributed by atoms with Crippen LogP contribution in [0.1, 0.15) is 41.6 Å². The third-order valence-electron chi connectivity index (χ3n) is 6.15. The Morgan fingerprint density at radius 3 is 2.44 bits per heavy atom. The lowest BCUT2D eigenvalue weighted by Crippen LogP contribution is -2.35. The van der Waals surface area contributed by atoms with Gasteiger partial charge in [-0.1, -0.05) is 61.0 Å². The molecule has 7 heteroatoms. The Balaban J connectivity index is 1.37. The van der Waals surface area contributed by atoms with Crippen LogP contribution in [0.2, 0.25) is 5.02 Å². The number of aromatic nitrogens is 1. The highest BCUT2D eigenvalue weighted by Gasteiger charge is 2.23. The maximum Gasteiger partial charge on any atom is 0.255 e. The minimum atomic E-state index is -0.201. The van der Waals surface area contributed by atoms with Crippen molar-refractivity contribution in [1.29, 1.82) is 0 Å².